The van der Waals surface area contributed by atoms with Crippen molar-refractivity contribution in [1.82, 2.24) is 5.32 Å². The molecular weight excluding hydrogens is 308 g/mol. The van der Waals surface area contributed by atoms with E-state index in [9.17, 15) is 13.6 Å². The summed E-state index contributed by atoms with van der Waals surface area (Å²) < 4.78 is 27.0. The Morgan fingerprint density at radius 3 is 2.55 bits per heavy atom. The number of carbonyl (C=O) groups is 1. The molecule has 3 nitrogen and oxygen atoms in total. The minimum atomic E-state index is -0.873. The Kier molecular flexibility index (Phi) is 6.03. The highest BCUT2D eigenvalue weighted by Gasteiger charge is 2.17. The maximum absolute atomic E-state index is 13.5. The first-order valence-electron chi connectivity index (χ1n) is 6.98. The number of halogens is 2. The summed E-state index contributed by atoms with van der Waals surface area (Å²) in [5, 5.41) is 15.6. The summed E-state index contributed by atoms with van der Waals surface area (Å²) in [4.78, 5) is 11.9. The monoisotopic (exact) mass is 325 g/mol. The first kappa shape index (κ1) is 16.6. The topological polar surface area (TPSA) is 49.3 Å². The molecule has 1 heterocycles. The van der Waals surface area contributed by atoms with Crippen molar-refractivity contribution in [2.45, 2.75) is 18.8 Å². The molecule has 118 valence electrons. The molecule has 2 N–H and O–H groups in total. The Hall–Kier alpha value is -1.79. The second kappa shape index (κ2) is 8.00. The Morgan fingerprint density at radius 2 is 1.95 bits per heavy atom. The van der Waals surface area contributed by atoms with Crippen LogP contribution >= 0.6 is 11.3 Å². The van der Waals surface area contributed by atoms with E-state index < -0.39 is 23.1 Å². The van der Waals surface area contributed by atoms with Crippen LogP contribution in [0, 0.1) is 11.6 Å². The fourth-order valence-electron chi connectivity index (χ4n) is 2.30. The molecule has 6 heteroatoms. The highest BCUT2D eigenvalue weighted by atomic mass is 32.1. The number of hydrogen-bond acceptors (Lipinski definition) is 3. The van der Waals surface area contributed by atoms with Gasteiger partial charge in [-0.05, 0) is 53.3 Å². The smallest absolute Gasteiger partial charge is 0.257 e. The number of aliphatic hydroxyl groups is 1. The van der Waals surface area contributed by atoms with Crippen molar-refractivity contribution in [3.8, 4) is 0 Å². The van der Waals surface area contributed by atoms with Gasteiger partial charge in [0.05, 0.1) is 0 Å². The lowest BCUT2D eigenvalue weighted by atomic mass is 9.95. The summed E-state index contributed by atoms with van der Waals surface area (Å²) in [6.45, 7) is 0.337. The maximum atomic E-state index is 13.5. The highest BCUT2D eigenvalue weighted by molar-refractivity contribution is 7.07. The summed E-state index contributed by atoms with van der Waals surface area (Å²) in [5.41, 5.74) is 0.544. The van der Waals surface area contributed by atoms with Crippen LogP contribution in [-0.2, 0) is 0 Å². The van der Waals surface area contributed by atoms with Crippen molar-refractivity contribution >= 4 is 17.2 Å². The molecule has 0 fully saturated rings. The highest BCUT2D eigenvalue weighted by Crippen LogP contribution is 2.25. The summed E-state index contributed by atoms with van der Waals surface area (Å²) in [5.74, 6) is -2.39. The minimum Gasteiger partial charge on any atom is -0.396 e. The second-order valence-electron chi connectivity index (χ2n) is 4.91. The first-order valence-corrected chi connectivity index (χ1v) is 7.93. The van der Waals surface area contributed by atoms with Gasteiger partial charge in [-0.1, -0.05) is 6.07 Å². The Labute approximate surface area is 131 Å². The van der Waals surface area contributed by atoms with Gasteiger partial charge in [-0.15, -0.1) is 0 Å². The van der Waals surface area contributed by atoms with Crippen LogP contribution in [0.4, 0.5) is 8.78 Å². The van der Waals surface area contributed by atoms with E-state index >= 15 is 0 Å². The number of amides is 1. The van der Waals surface area contributed by atoms with Crippen LogP contribution in [0.15, 0.2) is 35.0 Å². The van der Waals surface area contributed by atoms with Crippen molar-refractivity contribution in [2.75, 3.05) is 13.2 Å². The van der Waals surface area contributed by atoms with Crippen molar-refractivity contribution in [2.24, 2.45) is 0 Å². The molecule has 1 atom stereocenters. The molecule has 1 amide bonds. The van der Waals surface area contributed by atoms with E-state index in [0.29, 0.717) is 12.8 Å². The van der Waals surface area contributed by atoms with E-state index in [1.807, 2.05) is 16.8 Å². The lowest BCUT2D eigenvalue weighted by Crippen LogP contribution is -2.27. The van der Waals surface area contributed by atoms with Gasteiger partial charge < -0.3 is 10.4 Å². The lowest BCUT2D eigenvalue weighted by Gasteiger charge is -2.15. The van der Waals surface area contributed by atoms with Crippen LogP contribution in [0.5, 0.6) is 0 Å². The van der Waals surface area contributed by atoms with Gasteiger partial charge in [-0.3, -0.25) is 4.79 Å². The molecule has 22 heavy (non-hydrogen) atoms. The normalized spacial score (nSPS) is 12.1. The molecule has 0 unspecified atom stereocenters. The Balaban J connectivity index is 1.93. The zero-order valence-corrected chi connectivity index (χ0v) is 12.7. The van der Waals surface area contributed by atoms with Gasteiger partial charge in [0.15, 0.2) is 0 Å². The molecule has 0 saturated heterocycles. The van der Waals surface area contributed by atoms with Crippen molar-refractivity contribution in [3.05, 3.63) is 57.8 Å². The van der Waals surface area contributed by atoms with Crippen LogP contribution in [-0.4, -0.2) is 24.2 Å². The van der Waals surface area contributed by atoms with Gasteiger partial charge in [-0.25, -0.2) is 8.78 Å². The van der Waals surface area contributed by atoms with Crippen LogP contribution in [0.3, 0.4) is 0 Å². The van der Waals surface area contributed by atoms with Crippen molar-refractivity contribution in [1.29, 1.82) is 0 Å². The van der Waals surface area contributed by atoms with Crippen LogP contribution in [0.25, 0.3) is 0 Å². The van der Waals surface area contributed by atoms with Gasteiger partial charge in [0.2, 0.25) is 0 Å². The molecule has 0 aliphatic carbocycles. The minimum absolute atomic E-state index is 0.0520. The number of thiophene rings is 1. The summed E-state index contributed by atoms with van der Waals surface area (Å²) in [7, 11) is 0. The molecule has 0 aliphatic heterocycles. The van der Waals surface area contributed by atoms with E-state index in [1.54, 1.807) is 11.3 Å². The van der Waals surface area contributed by atoms with Gasteiger partial charge in [-0.2, -0.15) is 11.3 Å². The van der Waals surface area contributed by atoms with E-state index in [-0.39, 0.29) is 19.1 Å². The average molecular weight is 325 g/mol. The standard InChI is InChI=1S/C16H17F2NO2S/c17-13-2-1-3-14(18)15(13)16(21)19-7-4-11(5-8-20)12-6-9-22-10-12/h1-3,6,9-11,20H,4-5,7-8H2,(H,19,21)/t11-/m0/s1. The van der Waals surface area contributed by atoms with Crippen molar-refractivity contribution < 1.29 is 18.7 Å². The average Bonchev–Trinajstić information content (AvgIpc) is 3.00. The summed E-state index contributed by atoms with van der Waals surface area (Å²) in [6.07, 6.45) is 1.18. The molecule has 2 aromatic rings. The van der Waals surface area contributed by atoms with Gasteiger partial charge in [0.25, 0.3) is 5.91 Å². The fourth-order valence-corrected chi connectivity index (χ4v) is 3.05. The summed E-state index contributed by atoms with van der Waals surface area (Å²) >= 11 is 1.57. The van der Waals surface area contributed by atoms with Crippen LogP contribution in [0.2, 0.25) is 0 Å². The third kappa shape index (κ3) is 4.11. The molecule has 0 aliphatic rings. The largest absolute Gasteiger partial charge is 0.396 e. The van der Waals surface area contributed by atoms with E-state index in [1.165, 1.54) is 6.07 Å². The van der Waals surface area contributed by atoms with Gasteiger partial charge >= 0.3 is 0 Å². The number of aliphatic hydroxyl groups excluding tert-OH is 1. The van der Waals surface area contributed by atoms with E-state index in [0.717, 1.165) is 17.7 Å². The third-order valence-corrected chi connectivity index (χ3v) is 4.16. The summed E-state index contributed by atoms with van der Waals surface area (Å²) in [6, 6.07) is 5.30. The SMILES string of the molecule is O=C(NCC[C@@H](CCO)c1ccsc1)c1c(F)cccc1F. The molecule has 0 bridgehead atoms. The van der Waals surface area contributed by atoms with Crippen LogP contribution < -0.4 is 5.32 Å². The third-order valence-electron chi connectivity index (χ3n) is 3.46. The molecule has 1 aromatic carbocycles. The van der Waals surface area contributed by atoms with Gasteiger partial charge in [0.1, 0.15) is 17.2 Å². The molecule has 0 spiro atoms. The lowest BCUT2D eigenvalue weighted by molar-refractivity contribution is 0.0943. The van der Waals surface area contributed by atoms with Crippen LogP contribution in [0.1, 0.15) is 34.7 Å². The Morgan fingerprint density at radius 1 is 1.23 bits per heavy atom. The van der Waals surface area contributed by atoms with Crippen molar-refractivity contribution in [3.63, 3.8) is 0 Å². The number of nitrogens with one attached hydrogen (secondary N) is 1. The number of hydrogen-bond donors (Lipinski definition) is 2. The number of carbonyl (C=O) groups excluding carboxylic acids is 1. The Bertz CT molecular complexity index is 596. The zero-order valence-electron chi connectivity index (χ0n) is 11.9. The van der Waals surface area contributed by atoms with E-state index in [4.69, 9.17) is 5.11 Å². The predicted molar refractivity (Wildman–Crippen MR) is 82.1 cm³/mol. The van der Waals surface area contributed by atoms with E-state index in [2.05, 4.69) is 5.32 Å². The zero-order chi connectivity index (χ0) is 15.9. The van der Waals surface area contributed by atoms with Gasteiger partial charge in [0, 0.05) is 13.2 Å². The second-order valence-corrected chi connectivity index (χ2v) is 5.69. The molecule has 2 rings (SSSR count). The number of benzene rings is 1. The molecule has 0 radical (unpaired) electrons. The number of rotatable bonds is 7. The molecule has 1 aromatic heterocycles. The molecule has 0 saturated carbocycles. The maximum Gasteiger partial charge on any atom is 0.257 e. The first-order chi connectivity index (χ1) is 10.6. The predicted octanol–water partition coefficient (Wildman–Crippen LogP) is 3.31. The molecular formula is C16H17F2NO2S. The fraction of sp³-hybridized carbons (Fsp3) is 0.312. The quantitative estimate of drug-likeness (QED) is 0.820.